The monoisotopic (exact) mass is 557 g/mol. The van der Waals surface area contributed by atoms with E-state index in [9.17, 15) is 4.79 Å². The van der Waals surface area contributed by atoms with E-state index in [0.717, 1.165) is 16.7 Å². The number of aromatic nitrogens is 2. The van der Waals surface area contributed by atoms with E-state index in [2.05, 4.69) is 27.1 Å². The van der Waals surface area contributed by atoms with Gasteiger partial charge in [-0.2, -0.15) is 9.78 Å². The Morgan fingerprint density at radius 1 is 1.00 bits per heavy atom. The van der Waals surface area contributed by atoms with Gasteiger partial charge in [0, 0.05) is 16.1 Å². The van der Waals surface area contributed by atoms with E-state index >= 15 is 0 Å². The number of para-hydroxylation sites is 1. The molecule has 5 nitrogen and oxygen atoms in total. The van der Waals surface area contributed by atoms with Crippen LogP contribution in [0.4, 0.5) is 0 Å². The number of hydrogen-bond donors (Lipinski definition) is 0. The van der Waals surface area contributed by atoms with Gasteiger partial charge in [-0.05, 0) is 52.7 Å². The highest BCUT2D eigenvalue weighted by Gasteiger charge is 2.14. The van der Waals surface area contributed by atoms with Gasteiger partial charge in [-0.15, -0.1) is 0 Å². The first-order valence-electron chi connectivity index (χ1n) is 11.3. The average Bonchev–Trinajstić information content (AvgIpc) is 2.88. The van der Waals surface area contributed by atoms with Crippen LogP contribution in [0.15, 0.2) is 105 Å². The molecule has 5 aromatic rings. The number of nitrogens with zero attached hydrogens (tertiary/aromatic N) is 3. The van der Waals surface area contributed by atoms with E-state index in [-0.39, 0.29) is 5.56 Å². The van der Waals surface area contributed by atoms with Crippen molar-refractivity contribution in [3.05, 3.63) is 128 Å². The molecule has 0 bridgehead atoms. The number of halogens is 2. The Labute approximate surface area is 221 Å². The fourth-order valence-electron chi connectivity index (χ4n) is 3.91. The molecule has 1 heterocycles. The smallest absolute Gasteiger partial charge is 0.282 e. The molecule has 0 amide bonds. The summed E-state index contributed by atoms with van der Waals surface area (Å²) in [5.41, 5.74) is 3.95. The summed E-state index contributed by atoms with van der Waals surface area (Å²) in [5.74, 6) is 1.02. The third-order valence-corrected chi connectivity index (χ3v) is 6.41. The van der Waals surface area contributed by atoms with Crippen LogP contribution in [0.2, 0.25) is 5.02 Å². The average molecular weight is 559 g/mol. The van der Waals surface area contributed by atoms with E-state index < -0.39 is 0 Å². The van der Waals surface area contributed by atoms with E-state index in [0.29, 0.717) is 44.1 Å². The Kier molecular flexibility index (Phi) is 6.98. The molecule has 7 heteroatoms. The zero-order valence-corrected chi connectivity index (χ0v) is 21.7. The first-order chi connectivity index (χ1) is 17.5. The highest BCUT2D eigenvalue weighted by molar-refractivity contribution is 9.10. The zero-order chi connectivity index (χ0) is 25.1. The topological polar surface area (TPSA) is 56.5 Å². The van der Waals surface area contributed by atoms with Crippen LogP contribution in [-0.4, -0.2) is 15.9 Å². The lowest BCUT2D eigenvalue weighted by molar-refractivity contribution is 0.304. The summed E-state index contributed by atoms with van der Waals surface area (Å²) in [7, 11) is 0. The Hall–Kier alpha value is -3.74. The molecule has 0 fully saturated rings. The van der Waals surface area contributed by atoms with Crippen LogP contribution < -0.4 is 10.3 Å². The molecule has 0 aliphatic carbocycles. The molecular weight excluding hydrogens is 538 g/mol. The molecule has 0 aliphatic heterocycles. The highest BCUT2D eigenvalue weighted by Crippen LogP contribution is 2.33. The van der Waals surface area contributed by atoms with Crippen molar-refractivity contribution in [3.8, 4) is 17.1 Å². The number of ether oxygens (including phenoxy) is 1. The molecule has 4 aromatic carbocycles. The Morgan fingerprint density at radius 2 is 1.78 bits per heavy atom. The summed E-state index contributed by atoms with van der Waals surface area (Å²) in [6, 6.07) is 28.4. The first kappa shape index (κ1) is 24.0. The summed E-state index contributed by atoms with van der Waals surface area (Å²) in [4.78, 5) is 18.2. The zero-order valence-electron chi connectivity index (χ0n) is 19.4. The maximum atomic E-state index is 13.4. The van der Waals surface area contributed by atoms with Crippen LogP contribution in [0.25, 0.3) is 22.3 Å². The van der Waals surface area contributed by atoms with Crippen LogP contribution in [0.1, 0.15) is 16.7 Å². The lowest BCUT2D eigenvalue weighted by Gasteiger charge is -2.13. The van der Waals surface area contributed by atoms with Gasteiger partial charge in [0.15, 0.2) is 5.82 Å². The van der Waals surface area contributed by atoms with Crippen molar-refractivity contribution < 1.29 is 4.74 Å². The first-order valence-corrected chi connectivity index (χ1v) is 12.5. The molecule has 0 saturated carbocycles. The van der Waals surface area contributed by atoms with Crippen molar-refractivity contribution in [2.24, 2.45) is 5.10 Å². The molecule has 0 unspecified atom stereocenters. The van der Waals surface area contributed by atoms with Gasteiger partial charge < -0.3 is 4.74 Å². The van der Waals surface area contributed by atoms with Gasteiger partial charge in [-0.25, -0.2) is 4.98 Å². The number of benzene rings is 4. The predicted molar refractivity (Wildman–Crippen MR) is 149 cm³/mol. The van der Waals surface area contributed by atoms with Crippen LogP contribution in [-0.2, 0) is 6.61 Å². The molecule has 0 saturated heterocycles. The van der Waals surface area contributed by atoms with Crippen molar-refractivity contribution in [1.82, 2.24) is 9.66 Å². The van der Waals surface area contributed by atoms with E-state index in [1.807, 2.05) is 73.7 Å². The summed E-state index contributed by atoms with van der Waals surface area (Å²) in [6.07, 6.45) is 1.58. The van der Waals surface area contributed by atoms with Crippen molar-refractivity contribution >= 4 is 44.6 Å². The summed E-state index contributed by atoms with van der Waals surface area (Å²) < 4.78 is 8.18. The van der Waals surface area contributed by atoms with Crippen LogP contribution in [0.5, 0.6) is 5.75 Å². The quantitative estimate of drug-likeness (QED) is 0.206. The molecule has 0 aliphatic rings. The SMILES string of the molecule is Cc1cccc(COc2c(Br)cc(Cl)cc2C=Nn2c(-c3ccccc3)nc3ccccc3c2=O)c1. The molecule has 0 spiro atoms. The number of hydrogen-bond acceptors (Lipinski definition) is 4. The fraction of sp³-hybridized carbons (Fsp3) is 0.0690. The minimum Gasteiger partial charge on any atom is -0.487 e. The molecule has 1 aromatic heterocycles. The number of aryl methyl sites for hydroxylation is 1. The summed E-state index contributed by atoms with van der Waals surface area (Å²) in [5, 5.41) is 5.57. The van der Waals surface area contributed by atoms with Gasteiger partial charge in [-0.1, -0.05) is 83.9 Å². The molecule has 178 valence electrons. The Morgan fingerprint density at radius 3 is 2.58 bits per heavy atom. The Bertz CT molecular complexity index is 1650. The largest absolute Gasteiger partial charge is 0.487 e. The van der Waals surface area contributed by atoms with Gasteiger partial charge in [0.25, 0.3) is 5.56 Å². The second-order valence-electron chi connectivity index (χ2n) is 8.26. The molecule has 0 N–H and O–H groups in total. The molecule has 36 heavy (non-hydrogen) atoms. The Balaban J connectivity index is 1.59. The second-order valence-corrected chi connectivity index (χ2v) is 9.55. The van der Waals surface area contributed by atoms with E-state index in [1.165, 1.54) is 4.68 Å². The fourth-order valence-corrected chi connectivity index (χ4v) is 4.86. The highest BCUT2D eigenvalue weighted by atomic mass is 79.9. The number of fused-ring (bicyclic) bond motifs is 1. The maximum Gasteiger partial charge on any atom is 0.282 e. The van der Waals surface area contributed by atoms with Gasteiger partial charge in [0.2, 0.25) is 0 Å². The van der Waals surface area contributed by atoms with Crippen LogP contribution >= 0.6 is 27.5 Å². The van der Waals surface area contributed by atoms with E-state index in [1.54, 1.807) is 24.4 Å². The van der Waals surface area contributed by atoms with Gasteiger partial charge in [0.1, 0.15) is 12.4 Å². The molecular formula is C29H21BrClN3O2. The van der Waals surface area contributed by atoms with Crippen molar-refractivity contribution in [2.75, 3.05) is 0 Å². The van der Waals surface area contributed by atoms with Gasteiger partial charge in [-0.3, -0.25) is 4.79 Å². The van der Waals surface area contributed by atoms with Crippen LogP contribution in [0, 0.1) is 6.92 Å². The lowest BCUT2D eigenvalue weighted by Crippen LogP contribution is -2.20. The summed E-state index contributed by atoms with van der Waals surface area (Å²) >= 11 is 9.91. The van der Waals surface area contributed by atoms with Gasteiger partial charge in [0.05, 0.1) is 21.6 Å². The van der Waals surface area contributed by atoms with Crippen molar-refractivity contribution in [3.63, 3.8) is 0 Å². The maximum absolute atomic E-state index is 13.4. The number of rotatable bonds is 6. The predicted octanol–water partition coefficient (Wildman–Crippen LogP) is 7.25. The lowest BCUT2D eigenvalue weighted by atomic mass is 10.1. The molecule has 0 radical (unpaired) electrons. The molecule has 5 rings (SSSR count). The third kappa shape index (κ3) is 5.10. The van der Waals surface area contributed by atoms with Crippen molar-refractivity contribution in [1.29, 1.82) is 0 Å². The minimum absolute atomic E-state index is 0.265. The van der Waals surface area contributed by atoms with Crippen molar-refractivity contribution in [2.45, 2.75) is 13.5 Å². The standard InChI is InChI=1S/C29H21BrClN3O2/c1-19-8-7-9-20(14-19)18-36-27-22(15-23(31)16-25(27)30)17-32-34-28(21-10-3-2-4-11-21)33-26-13-6-5-12-24(26)29(34)35/h2-17H,18H2,1H3. The van der Waals surface area contributed by atoms with E-state index in [4.69, 9.17) is 21.3 Å². The summed E-state index contributed by atoms with van der Waals surface area (Å²) in [6.45, 7) is 2.41. The van der Waals surface area contributed by atoms with Crippen LogP contribution in [0.3, 0.4) is 0 Å². The third-order valence-electron chi connectivity index (χ3n) is 5.60. The van der Waals surface area contributed by atoms with Gasteiger partial charge >= 0.3 is 0 Å². The second kappa shape index (κ2) is 10.5. The minimum atomic E-state index is -0.265. The normalized spacial score (nSPS) is 11.3. The molecule has 0 atom stereocenters.